The number of anilines is 1. The Morgan fingerprint density at radius 2 is 2.11 bits per heavy atom. The van der Waals surface area contributed by atoms with E-state index in [2.05, 4.69) is 4.98 Å². The molecule has 19 heavy (non-hydrogen) atoms. The zero-order chi connectivity index (χ0) is 14.2. The van der Waals surface area contributed by atoms with Crippen LogP contribution in [0, 0.1) is 0 Å². The van der Waals surface area contributed by atoms with Gasteiger partial charge in [-0.05, 0) is 25.0 Å². The molecule has 1 heterocycles. The lowest BCUT2D eigenvalue weighted by molar-refractivity contribution is -0.120. The van der Waals surface area contributed by atoms with E-state index >= 15 is 0 Å². The Balaban J connectivity index is 2.40. The Labute approximate surface area is 111 Å². The van der Waals surface area contributed by atoms with Crippen LogP contribution in [0.4, 0.5) is 19.0 Å². The van der Waals surface area contributed by atoms with Gasteiger partial charge < -0.3 is 10.0 Å². The number of alkyl halides is 3. The minimum Gasteiger partial charge on any atom is -0.478 e. The molecule has 1 fully saturated rings. The zero-order valence-corrected chi connectivity index (χ0v) is 10.4. The molecule has 0 atom stereocenters. The summed E-state index contributed by atoms with van der Waals surface area (Å²) in [6.45, 7) is -1.23. The maximum absolute atomic E-state index is 12.6. The first-order valence-electron chi connectivity index (χ1n) is 5.51. The summed E-state index contributed by atoms with van der Waals surface area (Å²) in [5, 5.41) is 8.98. The van der Waals surface area contributed by atoms with Crippen LogP contribution in [0.1, 0.15) is 23.2 Å². The SMILES string of the molecule is O=C(O)c1ccc(Cl)nc1N(CC(F)(F)F)C1CC1. The second kappa shape index (κ2) is 4.88. The maximum Gasteiger partial charge on any atom is 0.405 e. The maximum atomic E-state index is 12.6. The number of carboxylic acid groups (broad SMARTS) is 1. The Bertz CT molecular complexity index is 503. The molecule has 1 aliphatic rings. The molecule has 0 saturated heterocycles. The van der Waals surface area contributed by atoms with Crippen molar-refractivity contribution in [2.45, 2.75) is 25.1 Å². The van der Waals surface area contributed by atoms with Gasteiger partial charge in [0.05, 0.1) is 0 Å². The molecule has 0 bridgehead atoms. The van der Waals surface area contributed by atoms with Crippen molar-refractivity contribution in [2.24, 2.45) is 0 Å². The number of aromatic carboxylic acids is 1. The Hall–Kier alpha value is -1.50. The molecule has 0 unspecified atom stereocenters. The number of halogens is 4. The second-order valence-corrected chi connectivity index (χ2v) is 4.67. The highest BCUT2D eigenvalue weighted by atomic mass is 35.5. The smallest absolute Gasteiger partial charge is 0.405 e. The zero-order valence-electron chi connectivity index (χ0n) is 9.62. The predicted octanol–water partition coefficient (Wildman–Crippen LogP) is 2.96. The first-order chi connectivity index (χ1) is 8.78. The summed E-state index contributed by atoms with van der Waals surface area (Å²) in [7, 11) is 0. The largest absolute Gasteiger partial charge is 0.478 e. The van der Waals surface area contributed by atoms with Crippen LogP contribution in [0.15, 0.2) is 12.1 Å². The van der Waals surface area contributed by atoms with Crippen LogP contribution in [0.5, 0.6) is 0 Å². The monoisotopic (exact) mass is 294 g/mol. The summed E-state index contributed by atoms with van der Waals surface area (Å²) in [4.78, 5) is 15.8. The molecule has 1 aliphatic carbocycles. The predicted molar refractivity (Wildman–Crippen MR) is 62.6 cm³/mol. The molecular formula is C11H10ClF3N2O2. The molecule has 0 aliphatic heterocycles. The van der Waals surface area contributed by atoms with E-state index in [1.54, 1.807) is 0 Å². The lowest BCUT2D eigenvalue weighted by atomic mass is 10.2. The van der Waals surface area contributed by atoms with E-state index in [-0.39, 0.29) is 22.6 Å². The molecule has 0 aromatic carbocycles. The molecule has 0 radical (unpaired) electrons. The number of hydrogen-bond donors (Lipinski definition) is 1. The molecule has 1 saturated carbocycles. The number of carbonyl (C=O) groups is 1. The first-order valence-corrected chi connectivity index (χ1v) is 5.89. The average Bonchev–Trinajstić information content (AvgIpc) is 3.07. The van der Waals surface area contributed by atoms with Crippen molar-refractivity contribution < 1.29 is 23.1 Å². The van der Waals surface area contributed by atoms with E-state index in [9.17, 15) is 18.0 Å². The van der Waals surface area contributed by atoms with Crippen LogP contribution in [-0.4, -0.2) is 34.8 Å². The van der Waals surface area contributed by atoms with Gasteiger partial charge in [0.25, 0.3) is 0 Å². The van der Waals surface area contributed by atoms with Crippen molar-refractivity contribution in [2.75, 3.05) is 11.4 Å². The standard InChI is InChI=1S/C11H10ClF3N2O2/c12-8-4-3-7(10(18)19)9(16-8)17(6-1-2-6)5-11(13,14)15/h3-4,6H,1-2,5H2,(H,18,19). The van der Waals surface area contributed by atoms with Gasteiger partial charge in [0.2, 0.25) is 0 Å². The summed E-state index contributed by atoms with van der Waals surface area (Å²) in [5.74, 6) is -1.55. The van der Waals surface area contributed by atoms with Gasteiger partial charge >= 0.3 is 12.1 Å². The Kier molecular flexibility index (Phi) is 3.58. The molecule has 1 aromatic heterocycles. The molecule has 8 heteroatoms. The van der Waals surface area contributed by atoms with Crippen LogP contribution in [0.3, 0.4) is 0 Å². The van der Waals surface area contributed by atoms with Crippen LogP contribution in [-0.2, 0) is 0 Å². The number of hydrogen-bond acceptors (Lipinski definition) is 3. The fraction of sp³-hybridized carbons (Fsp3) is 0.455. The summed E-state index contributed by atoms with van der Waals surface area (Å²) < 4.78 is 37.7. The number of nitrogens with zero attached hydrogens (tertiary/aromatic N) is 2. The third-order valence-corrected chi connectivity index (χ3v) is 2.89. The van der Waals surface area contributed by atoms with Crippen LogP contribution < -0.4 is 4.90 Å². The molecular weight excluding hydrogens is 285 g/mol. The minimum atomic E-state index is -4.43. The fourth-order valence-corrected chi connectivity index (χ4v) is 1.91. The number of pyridine rings is 1. The normalized spacial score (nSPS) is 15.4. The van der Waals surface area contributed by atoms with Crippen molar-refractivity contribution in [3.63, 3.8) is 0 Å². The van der Waals surface area contributed by atoms with Gasteiger partial charge in [-0.15, -0.1) is 0 Å². The highest BCUT2D eigenvalue weighted by Gasteiger charge is 2.40. The quantitative estimate of drug-likeness (QED) is 0.868. The van der Waals surface area contributed by atoms with Crippen LogP contribution in [0.2, 0.25) is 5.15 Å². The van der Waals surface area contributed by atoms with E-state index in [1.807, 2.05) is 0 Å². The number of aromatic nitrogens is 1. The summed E-state index contributed by atoms with van der Waals surface area (Å²) in [5.41, 5.74) is -0.277. The van der Waals surface area contributed by atoms with Gasteiger partial charge in [-0.2, -0.15) is 13.2 Å². The Morgan fingerprint density at radius 3 is 2.58 bits per heavy atom. The lowest BCUT2D eigenvalue weighted by Crippen LogP contribution is -2.37. The van der Waals surface area contributed by atoms with E-state index in [1.165, 1.54) is 12.1 Å². The van der Waals surface area contributed by atoms with E-state index in [0.29, 0.717) is 12.8 Å². The van der Waals surface area contributed by atoms with Gasteiger partial charge in [-0.3, -0.25) is 0 Å². The number of rotatable bonds is 4. The minimum absolute atomic E-state index is 0.0344. The fourth-order valence-electron chi connectivity index (χ4n) is 1.77. The summed E-state index contributed by atoms with van der Waals surface area (Å²) in [6.07, 6.45) is -3.25. The van der Waals surface area contributed by atoms with Gasteiger partial charge in [0.15, 0.2) is 0 Å². The van der Waals surface area contributed by atoms with Crippen LogP contribution >= 0.6 is 11.6 Å². The van der Waals surface area contributed by atoms with Crippen molar-refractivity contribution >= 4 is 23.4 Å². The molecule has 2 rings (SSSR count). The van der Waals surface area contributed by atoms with E-state index < -0.39 is 18.7 Å². The van der Waals surface area contributed by atoms with Gasteiger partial charge in [0.1, 0.15) is 23.1 Å². The Morgan fingerprint density at radius 1 is 1.47 bits per heavy atom. The second-order valence-electron chi connectivity index (χ2n) is 4.28. The summed E-state index contributed by atoms with van der Waals surface area (Å²) >= 11 is 5.65. The molecule has 4 nitrogen and oxygen atoms in total. The highest BCUT2D eigenvalue weighted by Crippen LogP contribution is 2.35. The van der Waals surface area contributed by atoms with E-state index in [0.717, 1.165) is 4.90 Å². The van der Waals surface area contributed by atoms with Gasteiger partial charge in [-0.25, -0.2) is 9.78 Å². The van der Waals surface area contributed by atoms with Crippen molar-refractivity contribution in [3.05, 3.63) is 22.8 Å². The van der Waals surface area contributed by atoms with Crippen LogP contribution in [0.25, 0.3) is 0 Å². The summed E-state index contributed by atoms with van der Waals surface area (Å²) in [6, 6.07) is 2.08. The molecule has 0 spiro atoms. The van der Waals surface area contributed by atoms with Crippen molar-refractivity contribution in [1.82, 2.24) is 4.98 Å². The van der Waals surface area contributed by atoms with Gasteiger partial charge in [0, 0.05) is 6.04 Å². The molecule has 1 aromatic rings. The molecule has 0 amide bonds. The average molecular weight is 295 g/mol. The third kappa shape index (κ3) is 3.50. The molecule has 104 valence electrons. The number of carboxylic acids is 1. The highest BCUT2D eigenvalue weighted by molar-refractivity contribution is 6.29. The topological polar surface area (TPSA) is 53.4 Å². The van der Waals surface area contributed by atoms with Crippen molar-refractivity contribution in [1.29, 1.82) is 0 Å². The van der Waals surface area contributed by atoms with Gasteiger partial charge in [-0.1, -0.05) is 11.6 Å². The van der Waals surface area contributed by atoms with Crippen molar-refractivity contribution in [3.8, 4) is 0 Å². The lowest BCUT2D eigenvalue weighted by Gasteiger charge is -2.26. The molecule has 1 N–H and O–H groups in total. The first kappa shape index (κ1) is 13.9. The third-order valence-electron chi connectivity index (χ3n) is 2.68. The van der Waals surface area contributed by atoms with E-state index in [4.69, 9.17) is 16.7 Å².